The molecule has 2 amide bonds. The summed E-state index contributed by atoms with van der Waals surface area (Å²) in [5, 5.41) is 16.2. The van der Waals surface area contributed by atoms with Gasteiger partial charge in [-0.15, -0.1) is 0 Å². The van der Waals surface area contributed by atoms with Crippen LogP contribution < -0.4 is 25.0 Å². The van der Waals surface area contributed by atoms with Crippen molar-refractivity contribution in [2.45, 2.75) is 26.5 Å². The molecule has 3 aromatic carbocycles. The molecule has 2 N–H and O–H groups in total. The normalized spacial score (nSPS) is 12.7. The number of carbonyl (C=O) groups is 2. The Morgan fingerprint density at radius 1 is 1.11 bits per heavy atom. The van der Waals surface area contributed by atoms with E-state index in [4.69, 9.17) is 31.1 Å². The smallest absolute Gasteiger partial charge is 0.262 e. The largest absolute Gasteiger partial charge is 0.488 e. The zero-order valence-electron chi connectivity index (χ0n) is 20.7. The van der Waals surface area contributed by atoms with Gasteiger partial charge in [-0.3, -0.25) is 9.59 Å². The Kier molecular flexibility index (Phi) is 8.46. The Hall–Kier alpha value is -4.55. The van der Waals surface area contributed by atoms with Gasteiger partial charge in [-0.05, 0) is 60.0 Å². The van der Waals surface area contributed by atoms with Crippen molar-refractivity contribution in [1.82, 2.24) is 10.7 Å². The minimum Gasteiger partial charge on any atom is -0.488 e. The Balaban J connectivity index is 1.39. The average molecular weight is 533 g/mol. The van der Waals surface area contributed by atoms with E-state index in [1.807, 2.05) is 26.0 Å². The fourth-order valence-electron chi connectivity index (χ4n) is 3.62. The molecule has 0 aliphatic carbocycles. The molecule has 194 valence electrons. The number of hydrazone groups is 1. The minimum atomic E-state index is -0.837. The lowest BCUT2D eigenvalue weighted by Crippen LogP contribution is -2.48. The van der Waals surface area contributed by atoms with Gasteiger partial charge in [0.15, 0.2) is 11.5 Å². The van der Waals surface area contributed by atoms with Crippen molar-refractivity contribution in [1.29, 1.82) is 5.26 Å². The van der Waals surface area contributed by atoms with Crippen LogP contribution in [-0.4, -0.2) is 30.9 Å². The molecule has 0 saturated heterocycles. The highest BCUT2D eigenvalue weighted by Crippen LogP contribution is 2.32. The van der Waals surface area contributed by atoms with Gasteiger partial charge in [0.25, 0.3) is 11.8 Å². The maximum Gasteiger partial charge on any atom is 0.262 e. The topological polar surface area (TPSA) is 122 Å². The Morgan fingerprint density at radius 2 is 1.87 bits per heavy atom. The maximum atomic E-state index is 12.9. The van der Waals surface area contributed by atoms with Crippen molar-refractivity contribution in [3.63, 3.8) is 0 Å². The van der Waals surface area contributed by atoms with Gasteiger partial charge in [0.1, 0.15) is 18.4 Å². The number of carbonyl (C=O) groups excluding carboxylic acids is 2. The van der Waals surface area contributed by atoms with Crippen molar-refractivity contribution in [2.75, 3.05) is 6.79 Å². The molecule has 1 heterocycles. The summed E-state index contributed by atoms with van der Waals surface area (Å²) in [4.78, 5) is 25.7. The van der Waals surface area contributed by atoms with Crippen LogP contribution in [0.15, 0.2) is 65.8 Å². The molecular formula is C28H25ClN4O5. The first-order valence-electron chi connectivity index (χ1n) is 11.8. The number of nitriles is 1. The number of nitrogens with zero attached hydrogens (tertiary/aromatic N) is 2. The first kappa shape index (κ1) is 26.5. The Labute approximate surface area is 225 Å². The summed E-state index contributed by atoms with van der Waals surface area (Å²) >= 11 is 6.15. The lowest BCUT2D eigenvalue weighted by molar-refractivity contribution is -0.123. The number of halogens is 1. The molecule has 0 saturated carbocycles. The molecule has 0 spiro atoms. The highest BCUT2D eigenvalue weighted by molar-refractivity contribution is 6.30. The third-order valence-electron chi connectivity index (χ3n) is 5.70. The molecule has 10 heteroatoms. The van der Waals surface area contributed by atoms with Gasteiger partial charge in [-0.2, -0.15) is 10.4 Å². The lowest BCUT2D eigenvalue weighted by Gasteiger charge is -2.20. The van der Waals surface area contributed by atoms with E-state index < -0.39 is 17.9 Å². The number of fused-ring (bicyclic) bond motifs is 1. The van der Waals surface area contributed by atoms with Crippen LogP contribution in [0.25, 0.3) is 0 Å². The van der Waals surface area contributed by atoms with E-state index in [1.165, 1.54) is 6.21 Å². The fraction of sp³-hybridized carbons (Fsp3) is 0.214. The third kappa shape index (κ3) is 6.60. The molecule has 0 fully saturated rings. The number of hydrogen-bond donors (Lipinski definition) is 2. The fourth-order valence-corrected chi connectivity index (χ4v) is 3.80. The summed E-state index contributed by atoms with van der Waals surface area (Å²) in [6.45, 7) is 4.01. The number of nitrogens with one attached hydrogen (secondary N) is 2. The quantitative estimate of drug-likeness (QED) is 0.310. The number of rotatable bonds is 9. The van der Waals surface area contributed by atoms with Gasteiger partial charge in [0.05, 0.1) is 17.8 Å². The van der Waals surface area contributed by atoms with E-state index in [2.05, 4.69) is 21.9 Å². The summed E-state index contributed by atoms with van der Waals surface area (Å²) in [6.07, 6.45) is 1.43. The molecule has 1 atom stereocenters. The molecule has 3 aromatic rings. The molecule has 0 radical (unpaired) electrons. The summed E-state index contributed by atoms with van der Waals surface area (Å²) in [5.41, 5.74) is 4.83. The van der Waals surface area contributed by atoms with Gasteiger partial charge < -0.3 is 19.5 Å². The monoisotopic (exact) mass is 532 g/mol. The molecular weight excluding hydrogens is 508 g/mol. The predicted octanol–water partition coefficient (Wildman–Crippen LogP) is 4.42. The molecule has 1 aliphatic heterocycles. The van der Waals surface area contributed by atoms with Gasteiger partial charge >= 0.3 is 0 Å². The number of hydrogen-bond acceptors (Lipinski definition) is 7. The number of benzene rings is 3. The number of amides is 2. The van der Waals surface area contributed by atoms with E-state index in [0.29, 0.717) is 39.0 Å². The SMILES string of the molecule is CC(C)C(NC(=O)c1ccc2c(c1)OCO2)C(=O)N/N=C/c1cc(Cl)ccc1OCc1ccc(C#N)cc1. The van der Waals surface area contributed by atoms with Crippen molar-refractivity contribution < 1.29 is 23.8 Å². The molecule has 9 nitrogen and oxygen atoms in total. The van der Waals surface area contributed by atoms with E-state index in [9.17, 15) is 9.59 Å². The maximum absolute atomic E-state index is 12.9. The van der Waals surface area contributed by atoms with Crippen molar-refractivity contribution in [2.24, 2.45) is 11.0 Å². The molecule has 1 unspecified atom stereocenters. The van der Waals surface area contributed by atoms with E-state index in [-0.39, 0.29) is 19.3 Å². The van der Waals surface area contributed by atoms with E-state index in [0.717, 1.165) is 5.56 Å². The average Bonchev–Trinajstić information content (AvgIpc) is 3.39. The zero-order valence-corrected chi connectivity index (χ0v) is 21.5. The standard InChI is InChI=1S/C28H25ClN4O5/c1-17(2)26(32-27(34)20-7-9-24-25(12-20)38-16-37-24)28(35)33-31-14-21-11-22(29)8-10-23(21)36-15-19-5-3-18(13-30)4-6-19/h3-12,14,17,26H,15-16H2,1-2H3,(H,32,34)(H,33,35)/b31-14+. The number of ether oxygens (including phenoxy) is 3. The second-order valence-electron chi connectivity index (χ2n) is 8.78. The Bertz CT molecular complexity index is 1400. The van der Waals surface area contributed by atoms with Crippen molar-refractivity contribution >= 4 is 29.6 Å². The van der Waals surface area contributed by atoms with Crippen LogP contribution >= 0.6 is 11.6 Å². The predicted molar refractivity (Wildman–Crippen MR) is 141 cm³/mol. The summed E-state index contributed by atoms with van der Waals surface area (Å²) in [7, 11) is 0. The Morgan fingerprint density at radius 3 is 2.61 bits per heavy atom. The lowest BCUT2D eigenvalue weighted by atomic mass is 10.0. The van der Waals surface area contributed by atoms with Crippen LogP contribution in [0.4, 0.5) is 0 Å². The van der Waals surface area contributed by atoms with Crippen LogP contribution in [0, 0.1) is 17.2 Å². The first-order valence-corrected chi connectivity index (χ1v) is 12.2. The van der Waals surface area contributed by atoms with Crippen LogP contribution in [0.3, 0.4) is 0 Å². The van der Waals surface area contributed by atoms with Crippen LogP contribution in [0.1, 0.15) is 40.9 Å². The van der Waals surface area contributed by atoms with Crippen LogP contribution in [0.2, 0.25) is 5.02 Å². The third-order valence-corrected chi connectivity index (χ3v) is 5.93. The molecule has 0 aromatic heterocycles. The van der Waals surface area contributed by atoms with Gasteiger partial charge in [0.2, 0.25) is 6.79 Å². The second kappa shape index (κ2) is 12.1. The molecule has 4 rings (SSSR count). The summed E-state index contributed by atoms with van der Waals surface area (Å²) < 4.78 is 16.5. The van der Waals surface area contributed by atoms with Crippen LogP contribution in [-0.2, 0) is 11.4 Å². The van der Waals surface area contributed by atoms with E-state index >= 15 is 0 Å². The molecule has 1 aliphatic rings. The molecule has 38 heavy (non-hydrogen) atoms. The highest BCUT2D eigenvalue weighted by atomic mass is 35.5. The summed E-state index contributed by atoms with van der Waals surface area (Å²) in [5.74, 6) is 0.442. The van der Waals surface area contributed by atoms with E-state index in [1.54, 1.807) is 48.5 Å². The van der Waals surface area contributed by atoms with Gasteiger partial charge in [-0.25, -0.2) is 5.43 Å². The molecule has 0 bridgehead atoms. The van der Waals surface area contributed by atoms with Gasteiger partial charge in [-0.1, -0.05) is 37.6 Å². The van der Waals surface area contributed by atoms with Crippen molar-refractivity contribution in [3.8, 4) is 23.3 Å². The minimum absolute atomic E-state index is 0.101. The van der Waals surface area contributed by atoms with Crippen LogP contribution in [0.5, 0.6) is 17.2 Å². The highest BCUT2D eigenvalue weighted by Gasteiger charge is 2.25. The van der Waals surface area contributed by atoms with Crippen molar-refractivity contribution in [3.05, 3.63) is 87.9 Å². The zero-order chi connectivity index (χ0) is 27.1. The second-order valence-corrected chi connectivity index (χ2v) is 9.21. The summed E-state index contributed by atoms with van der Waals surface area (Å²) in [6, 6.07) is 18.2. The first-order chi connectivity index (χ1) is 18.3. The van der Waals surface area contributed by atoms with Gasteiger partial charge in [0, 0.05) is 16.1 Å².